The topological polar surface area (TPSA) is 86.0 Å². The highest BCUT2D eigenvalue weighted by molar-refractivity contribution is 7.80. The van der Waals surface area contributed by atoms with Crippen molar-refractivity contribution in [2.24, 2.45) is 0 Å². The summed E-state index contributed by atoms with van der Waals surface area (Å²) in [5, 5.41) is 17.4. The Hall–Kier alpha value is -3.61. The van der Waals surface area contributed by atoms with Crippen molar-refractivity contribution in [3.8, 4) is 6.07 Å². The van der Waals surface area contributed by atoms with Crippen LogP contribution >= 0.6 is 47.0 Å². The van der Waals surface area contributed by atoms with Crippen LogP contribution in [0.3, 0.4) is 0 Å². The van der Waals surface area contributed by atoms with Gasteiger partial charge in [0.05, 0.1) is 34.4 Å². The Morgan fingerprint density at radius 2 is 1.88 bits per heavy atom. The number of carbonyl (C=O) groups is 1. The maximum atomic E-state index is 13.2. The Kier molecular flexibility index (Phi) is 11.2. The van der Waals surface area contributed by atoms with Gasteiger partial charge >= 0.3 is 0 Å². The fraction of sp³-hybridized carbons (Fsp3) is 0.226. The fourth-order valence-electron chi connectivity index (χ4n) is 4.37. The van der Waals surface area contributed by atoms with E-state index < -0.39 is 0 Å². The summed E-state index contributed by atoms with van der Waals surface area (Å²) in [6.45, 7) is 3.37. The van der Waals surface area contributed by atoms with Gasteiger partial charge < -0.3 is 20.1 Å². The van der Waals surface area contributed by atoms with E-state index in [0.717, 1.165) is 22.5 Å². The van der Waals surface area contributed by atoms with Crippen molar-refractivity contribution in [3.05, 3.63) is 117 Å². The van der Waals surface area contributed by atoms with Gasteiger partial charge in [-0.2, -0.15) is 5.26 Å². The number of halogens is 3. The molecule has 0 spiro atoms. The number of nitrogens with one attached hydrogen (secondary N) is 2. The summed E-state index contributed by atoms with van der Waals surface area (Å²) in [5.41, 5.74) is 3.96. The molecular formula is C31H29Cl3N6OS. The molecule has 3 aromatic carbocycles. The number of anilines is 1. The van der Waals surface area contributed by atoms with Crippen LogP contribution in [0.5, 0.6) is 0 Å². The number of hydrogen-bond acceptors (Lipinski definition) is 4. The molecule has 0 saturated carbocycles. The van der Waals surface area contributed by atoms with Gasteiger partial charge in [-0.3, -0.25) is 4.79 Å². The van der Waals surface area contributed by atoms with Crippen LogP contribution in [0.15, 0.2) is 79.3 Å². The van der Waals surface area contributed by atoms with Gasteiger partial charge in [-0.25, -0.2) is 4.98 Å². The van der Waals surface area contributed by atoms with E-state index in [4.69, 9.17) is 52.3 Å². The minimum Gasteiger partial charge on any atom is -0.351 e. The monoisotopic (exact) mass is 638 g/mol. The van der Waals surface area contributed by atoms with Crippen molar-refractivity contribution in [2.45, 2.75) is 38.9 Å². The van der Waals surface area contributed by atoms with Gasteiger partial charge in [-0.05, 0) is 66.2 Å². The molecule has 0 aliphatic rings. The molecule has 1 amide bonds. The van der Waals surface area contributed by atoms with Crippen molar-refractivity contribution in [2.75, 3.05) is 11.9 Å². The summed E-state index contributed by atoms with van der Waals surface area (Å²) < 4.78 is 1.93. The van der Waals surface area contributed by atoms with Crippen LogP contribution in [0, 0.1) is 11.3 Å². The van der Waals surface area contributed by atoms with Crippen molar-refractivity contribution < 1.29 is 4.79 Å². The van der Waals surface area contributed by atoms with Crippen LogP contribution in [0.2, 0.25) is 15.1 Å². The van der Waals surface area contributed by atoms with Crippen LogP contribution in [-0.2, 0) is 24.3 Å². The second-order valence-corrected chi connectivity index (χ2v) is 11.3. The minimum atomic E-state index is -0.204. The predicted octanol–water partition coefficient (Wildman–Crippen LogP) is 7.10. The molecule has 0 unspecified atom stereocenters. The van der Waals surface area contributed by atoms with Crippen LogP contribution < -0.4 is 10.6 Å². The SMILES string of the molecule is CC[C@@H](CN(Cc1cccc(Cl)c1Cl)C(=S)Nc1cccc(Cl)c1)NC(=O)Cc1cncn1Cc1ccc(C#N)cc1. The zero-order valence-corrected chi connectivity index (χ0v) is 25.9. The zero-order valence-electron chi connectivity index (χ0n) is 22.9. The Morgan fingerprint density at radius 1 is 1.12 bits per heavy atom. The number of rotatable bonds is 11. The molecule has 216 valence electrons. The summed E-state index contributed by atoms with van der Waals surface area (Å²) in [4.78, 5) is 19.4. The number of imidazole rings is 1. The van der Waals surface area contributed by atoms with Gasteiger partial charge in [0, 0.05) is 48.3 Å². The largest absolute Gasteiger partial charge is 0.351 e. The Morgan fingerprint density at radius 3 is 2.60 bits per heavy atom. The first kappa shape index (κ1) is 31.3. The van der Waals surface area contributed by atoms with Gasteiger partial charge in [0.1, 0.15) is 0 Å². The lowest BCUT2D eigenvalue weighted by atomic mass is 10.1. The van der Waals surface area contributed by atoms with E-state index in [0.29, 0.717) is 51.8 Å². The average molecular weight is 640 g/mol. The summed E-state index contributed by atoms with van der Waals surface area (Å²) in [7, 11) is 0. The molecule has 0 saturated heterocycles. The third kappa shape index (κ3) is 8.70. The predicted molar refractivity (Wildman–Crippen MR) is 173 cm³/mol. The third-order valence-electron chi connectivity index (χ3n) is 6.63. The Bertz CT molecular complexity index is 1580. The molecule has 7 nitrogen and oxygen atoms in total. The standard InChI is InChI=1S/C31H29Cl3N6OS/c1-2-25(37-29(41)14-27-16-36-20-40(27)17-22-11-9-21(15-35)10-12-22)19-39(18-23-5-3-8-28(33)30(23)34)31(42)38-26-7-4-6-24(32)13-26/h3-13,16,20,25H,2,14,17-19H2,1H3,(H,37,41)(H,38,42)/t25-/m0/s1. The first-order chi connectivity index (χ1) is 20.2. The molecule has 2 N–H and O–H groups in total. The highest BCUT2D eigenvalue weighted by Crippen LogP contribution is 2.27. The summed E-state index contributed by atoms with van der Waals surface area (Å²) in [6, 6.07) is 22.0. The van der Waals surface area contributed by atoms with Crippen LogP contribution in [0.4, 0.5) is 5.69 Å². The van der Waals surface area contributed by atoms with Gasteiger partial charge in [0.2, 0.25) is 5.91 Å². The number of aromatic nitrogens is 2. The lowest BCUT2D eigenvalue weighted by Gasteiger charge is -2.30. The molecule has 4 rings (SSSR count). The molecule has 0 radical (unpaired) electrons. The molecule has 1 heterocycles. The molecule has 11 heteroatoms. The molecule has 0 bridgehead atoms. The number of carbonyl (C=O) groups excluding carboxylic acids is 1. The molecule has 0 fully saturated rings. The second-order valence-electron chi connectivity index (χ2n) is 9.71. The van der Waals surface area contributed by atoms with Crippen molar-refractivity contribution >= 4 is 63.7 Å². The number of nitrogens with zero attached hydrogens (tertiary/aromatic N) is 4. The molecule has 1 atom stereocenters. The van der Waals surface area contributed by atoms with Crippen LogP contribution in [0.1, 0.15) is 35.7 Å². The minimum absolute atomic E-state index is 0.127. The summed E-state index contributed by atoms with van der Waals surface area (Å²) >= 11 is 24.8. The normalized spacial score (nSPS) is 11.4. The molecule has 4 aromatic rings. The highest BCUT2D eigenvalue weighted by Gasteiger charge is 2.20. The molecule has 0 aliphatic carbocycles. The van der Waals surface area contributed by atoms with Crippen molar-refractivity contribution in [3.63, 3.8) is 0 Å². The average Bonchev–Trinajstić information content (AvgIpc) is 3.40. The summed E-state index contributed by atoms with van der Waals surface area (Å²) in [6.07, 6.45) is 4.24. The van der Waals surface area contributed by atoms with E-state index in [2.05, 4.69) is 21.7 Å². The first-order valence-electron chi connectivity index (χ1n) is 13.3. The van der Waals surface area contributed by atoms with E-state index >= 15 is 0 Å². The zero-order chi connectivity index (χ0) is 30.1. The molecule has 0 aliphatic heterocycles. The lowest BCUT2D eigenvalue weighted by molar-refractivity contribution is -0.121. The number of amides is 1. The Balaban J connectivity index is 1.45. The smallest absolute Gasteiger partial charge is 0.226 e. The van der Waals surface area contributed by atoms with Crippen LogP contribution in [-0.4, -0.2) is 38.1 Å². The summed E-state index contributed by atoms with van der Waals surface area (Å²) in [5.74, 6) is -0.127. The maximum Gasteiger partial charge on any atom is 0.226 e. The van der Waals surface area contributed by atoms with Gasteiger partial charge in [0.25, 0.3) is 0 Å². The van der Waals surface area contributed by atoms with E-state index in [1.165, 1.54) is 0 Å². The lowest BCUT2D eigenvalue weighted by Crippen LogP contribution is -2.47. The van der Waals surface area contributed by atoms with E-state index in [1.54, 1.807) is 42.9 Å². The van der Waals surface area contributed by atoms with E-state index in [9.17, 15) is 4.79 Å². The number of thiocarbonyl (C=S) groups is 1. The molecule has 42 heavy (non-hydrogen) atoms. The van der Waals surface area contributed by atoms with Gasteiger partial charge in [-0.1, -0.05) is 72.1 Å². The first-order valence-corrected chi connectivity index (χ1v) is 14.8. The molecule has 1 aromatic heterocycles. The maximum absolute atomic E-state index is 13.2. The van der Waals surface area contributed by atoms with E-state index in [1.807, 2.05) is 52.8 Å². The van der Waals surface area contributed by atoms with Crippen LogP contribution in [0.25, 0.3) is 0 Å². The van der Waals surface area contributed by atoms with E-state index in [-0.39, 0.29) is 18.4 Å². The number of hydrogen-bond donors (Lipinski definition) is 2. The quantitative estimate of drug-likeness (QED) is 0.170. The second kappa shape index (κ2) is 15.0. The Labute approximate surface area is 266 Å². The van der Waals surface area contributed by atoms with Crippen molar-refractivity contribution in [1.82, 2.24) is 19.8 Å². The third-order valence-corrected chi connectivity index (χ3v) is 8.08. The number of nitriles is 1. The fourth-order valence-corrected chi connectivity index (χ4v) is 5.20. The van der Waals surface area contributed by atoms with Crippen molar-refractivity contribution in [1.29, 1.82) is 5.26 Å². The number of benzene rings is 3. The highest BCUT2D eigenvalue weighted by atomic mass is 35.5. The molecular weight excluding hydrogens is 611 g/mol. The van der Waals surface area contributed by atoms with Gasteiger partial charge in [-0.15, -0.1) is 0 Å². The van der Waals surface area contributed by atoms with Gasteiger partial charge in [0.15, 0.2) is 5.11 Å².